The third-order valence-electron chi connectivity index (χ3n) is 3.45. The van der Waals surface area contributed by atoms with Crippen molar-refractivity contribution < 1.29 is 0 Å². The van der Waals surface area contributed by atoms with Crippen LogP contribution in [0.15, 0.2) is 36.4 Å². The molecule has 2 rings (SSSR count). The summed E-state index contributed by atoms with van der Waals surface area (Å²) in [5.74, 6) is 0. The fourth-order valence-corrected chi connectivity index (χ4v) is 2.84. The molecule has 0 aliphatic rings. The van der Waals surface area contributed by atoms with Crippen molar-refractivity contribution in [3.8, 4) is 0 Å². The van der Waals surface area contributed by atoms with Gasteiger partial charge in [-0.05, 0) is 79.1 Å². The number of nitrogens with one attached hydrogen (secondary N) is 1. The Morgan fingerprint density at radius 2 is 1.68 bits per heavy atom. The minimum Gasteiger partial charge on any atom is -0.378 e. The Bertz CT molecular complexity index is 590. The number of halogens is 1. The van der Waals surface area contributed by atoms with Gasteiger partial charge in [-0.2, -0.15) is 0 Å². The normalized spacial score (nSPS) is 12.3. The van der Waals surface area contributed by atoms with Gasteiger partial charge in [-0.25, -0.2) is 0 Å². The van der Waals surface area contributed by atoms with Gasteiger partial charge in [-0.15, -0.1) is 0 Å². The van der Waals surface area contributed by atoms with Gasteiger partial charge in [-0.3, -0.25) is 0 Å². The van der Waals surface area contributed by atoms with Crippen molar-refractivity contribution in [1.82, 2.24) is 0 Å². The van der Waals surface area contributed by atoms with Gasteiger partial charge in [0.25, 0.3) is 0 Å². The Kier molecular flexibility index (Phi) is 4.50. The van der Waals surface area contributed by atoms with E-state index in [1.165, 1.54) is 31.5 Å². The van der Waals surface area contributed by atoms with E-state index < -0.39 is 0 Å². The summed E-state index contributed by atoms with van der Waals surface area (Å²) in [5, 5.41) is 3.58. The van der Waals surface area contributed by atoms with E-state index in [1.54, 1.807) is 0 Å². The van der Waals surface area contributed by atoms with Gasteiger partial charge < -0.3 is 5.32 Å². The van der Waals surface area contributed by atoms with Crippen LogP contribution in [0.25, 0.3) is 0 Å². The van der Waals surface area contributed by atoms with Crippen molar-refractivity contribution >= 4 is 28.3 Å². The monoisotopic (exact) mass is 365 g/mol. The molecule has 0 heterocycles. The lowest BCUT2D eigenvalue weighted by molar-refractivity contribution is 0.873. The zero-order valence-electron chi connectivity index (χ0n) is 11.9. The number of hydrogen-bond donors (Lipinski definition) is 1. The molecule has 0 aromatic heterocycles. The molecular weight excluding hydrogens is 345 g/mol. The summed E-state index contributed by atoms with van der Waals surface area (Å²) in [4.78, 5) is 0. The molecule has 2 heteroatoms. The zero-order chi connectivity index (χ0) is 14.0. The first-order chi connectivity index (χ1) is 8.97. The molecule has 0 bridgehead atoms. The lowest BCUT2D eigenvalue weighted by atomic mass is 10.00. The second-order valence-corrected chi connectivity index (χ2v) is 6.35. The average molecular weight is 365 g/mol. The van der Waals surface area contributed by atoms with Crippen LogP contribution in [0.2, 0.25) is 0 Å². The lowest BCUT2D eigenvalue weighted by Crippen LogP contribution is -2.08. The van der Waals surface area contributed by atoms with Gasteiger partial charge in [0.15, 0.2) is 0 Å². The number of aryl methyl sites for hydroxylation is 3. The fourth-order valence-electron chi connectivity index (χ4n) is 2.32. The lowest BCUT2D eigenvalue weighted by Gasteiger charge is -2.19. The van der Waals surface area contributed by atoms with Gasteiger partial charge >= 0.3 is 0 Å². The van der Waals surface area contributed by atoms with Crippen molar-refractivity contribution in [2.75, 3.05) is 5.32 Å². The van der Waals surface area contributed by atoms with Crippen LogP contribution < -0.4 is 5.32 Å². The van der Waals surface area contributed by atoms with Crippen LogP contribution in [0.1, 0.15) is 35.2 Å². The summed E-state index contributed by atoms with van der Waals surface area (Å²) >= 11 is 2.38. The Balaban J connectivity index is 2.20. The van der Waals surface area contributed by atoms with Crippen molar-refractivity contribution in [3.63, 3.8) is 0 Å². The molecule has 100 valence electrons. The molecule has 0 spiro atoms. The number of hydrogen-bond acceptors (Lipinski definition) is 1. The minimum atomic E-state index is 0.319. The second kappa shape index (κ2) is 5.95. The van der Waals surface area contributed by atoms with Crippen molar-refractivity contribution in [3.05, 3.63) is 62.2 Å². The summed E-state index contributed by atoms with van der Waals surface area (Å²) in [6, 6.07) is 13.5. The average Bonchev–Trinajstić information content (AvgIpc) is 2.33. The van der Waals surface area contributed by atoms with Gasteiger partial charge in [0.1, 0.15) is 0 Å². The van der Waals surface area contributed by atoms with E-state index in [1.807, 2.05) is 0 Å². The maximum Gasteiger partial charge on any atom is 0.0488 e. The predicted molar refractivity (Wildman–Crippen MR) is 91.8 cm³/mol. The Morgan fingerprint density at radius 1 is 0.947 bits per heavy atom. The van der Waals surface area contributed by atoms with Gasteiger partial charge in [-0.1, -0.05) is 29.8 Å². The maximum absolute atomic E-state index is 3.58. The van der Waals surface area contributed by atoms with Crippen molar-refractivity contribution in [1.29, 1.82) is 0 Å². The summed E-state index contributed by atoms with van der Waals surface area (Å²) in [7, 11) is 0. The molecule has 0 amide bonds. The fraction of sp³-hybridized carbons (Fsp3) is 0.294. The molecule has 0 aliphatic heterocycles. The summed E-state index contributed by atoms with van der Waals surface area (Å²) < 4.78 is 1.30. The molecule has 2 aromatic carbocycles. The largest absolute Gasteiger partial charge is 0.378 e. The summed E-state index contributed by atoms with van der Waals surface area (Å²) in [6.07, 6.45) is 0. The smallest absolute Gasteiger partial charge is 0.0488 e. The molecule has 0 aliphatic carbocycles. The first-order valence-corrected chi connectivity index (χ1v) is 7.65. The third kappa shape index (κ3) is 3.50. The summed E-state index contributed by atoms with van der Waals surface area (Å²) in [6.45, 7) is 8.67. The van der Waals surface area contributed by atoms with E-state index in [9.17, 15) is 0 Å². The Labute approximate surface area is 129 Å². The number of rotatable bonds is 3. The van der Waals surface area contributed by atoms with Gasteiger partial charge in [0, 0.05) is 15.3 Å². The van der Waals surface area contributed by atoms with Crippen LogP contribution in [0.4, 0.5) is 5.69 Å². The SMILES string of the molecule is Cc1ccc(C(C)Nc2ccc(C)c(I)c2)c(C)c1. The zero-order valence-corrected chi connectivity index (χ0v) is 14.1. The van der Waals surface area contributed by atoms with Crippen LogP contribution in [-0.2, 0) is 0 Å². The molecule has 0 saturated heterocycles. The molecule has 0 saturated carbocycles. The maximum atomic E-state index is 3.58. The number of benzene rings is 2. The highest BCUT2D eigenvalue weighted by atomic mass is 127. The van der Waals surface area contributed by atoms with Crippen molar-refractivity contribution in [2.45, 2.75) is 33.7 Å². The molecule has 2 aromatic rings. The van der Waals surface area contributed by atoms with Crippen LogP contribution in [0, 0.1) is 24.3 Å². The van der Waals surface area contributed by atoms with E-state index in [2.05, 4.69) is 92.0 Å². The molecular formula is C17H20IN. The predicted octanol–water partition coefficient (Wildman–Crippen LogP) is 5.39. The Hall–Kier alpha value is -1.03. The molecule has 1 nitrogen and oxygen atoms in total. The summed E-state index contributed by atoms with van der Waals surface area (Å²) in [5.41, 5.74) is 6.54. The molecule has 19 heavy (non-hydrogen) atoms. The van der Waals surface area contributed by atoms with E-state index in [-0.39, 0.29) is 0 Å². The molecule has 1 unspecified atom stereocenters. The van der Waals surface area contributed by atoms with Crippen LogP contribution >= 0.6 is 22.6 Å². The standard InChI is InChI=1S/C17H20IN/c1-11-5-8-16(13(3)9-11)14(4)19-15-7-6-12(2)17(18)10-15/h5-10,14,19H,1-4H3. The molecule has 1 N–H and O–H groups in total. The second-order valence-electron chi connectivity index (χ2n) is 5.19. The highest BCUT2D eigenvalue weighted by Crippen LogP contribution is 2.24. The molecule has 0 fully saturated rings. The third-order valence-corrected chi connectivity index (χ3v) is 4.61. The highest BCUT2D eigenvalue weighted by molar-refractivity contribution is 14.1. The van der Waals surface area contributed by atoms with E-state index in [0.29, 0.717) is 6.04 Å². The molecule has 0 radical (unpaired) electrons. The van der Waals surface area contributed by atoms with Crippen LogP contribution in [-0.4, -0.2) is 0 Å². The van der Waals surface area contributed by atoms with E-state index in [4.69, 9.17) is 0 Å². The molecule has 1 atom stereocenters. The number of anilines is 1. The quantitative estimate of drug-likeness (QED) is 0.720. The van der Waals surface area contributed by atoms with Crippen LogP contribution in [0.3, 0.4) is 0 Å². The van der Waals surface area contributed by atoms with E-state index >= 15 is 0 Å². The van der Waals surface area contributed by atoms with Crippen LogP contribution in [0.5, 0.6) is 0 Å². The van der Waals surface area contributed by atoms with Gasteiger partial charge in [0.2, 0.25) is 0 Å². The first-order valence-electron chi connectivity index (χ1n) is 6.57. The Morgan fingerprint density at radius 3 is 2.32 bits per heavy atom. The van der Waals surface area contributed by atoms with Gasteiger partial charge in [0.05, 0.1) is 0 Å². The van der Waals surface area contributed by atoms with Crippen molar-refractivity contribution in [2.24, 2.45) is 0 Å². The minimum absolute atomic E-state index is 0.319. The highest BCUT2D eigenvalue weighted by Gasteiger charge is 2.08. The topological polar surface area (TPSA) is 12.0 Å². The first kappa shape index (κ1) is 14.4. The van der Waals surface area contributed by atoms with E-state index in [0.717, 1.165) is 0 Å².